The summed E-state index contributed by atoms with van der Waals surface area (Å²) < 4.78 is 17.7. The average Bonchev–Trinajstić information content (AvgIpc) is 3.71. The fourth-order valence-electron chi connectivity index (χ4n) is 7.69. The average molecular weight is 746 g/mol. The second-order valence-electron chi connectivity index (χ2n) is 13.1. The summed E-state index contributed by atoms with van der Waals surface area (Å²) in [5.74, 6) is -3.09. The quantitative estimate of drug-likeness (QED) is 0.100. The summed E-state index contributed by atoms with van der Waals surface area (Å²) in [6, 6.07) is 7.63. The van der Waals surface area contributed by atoms with Gasteiger partial charge >= 0.3 is 5.97 Å². The van der Waals surface area contributed by atoms with Crippen LogP contribution in [-0.2, 0) is 33.4 Å². The van der Waals surface area contributed by atoms with Gasteiger partial charge < -0.3 is 34.4 Å². The fraction of sp³-hybridized carbons (Fsp3) is 0.611. The molecule has 0 aliphatic carbocycles. The van der Waals surface area contributed by atoms with Gasteiger partial charge in [-0.1, -0.05) is 58.4 Å². The van der Waals surface area contributed by atoms with Crippen molar-refractivity contribution in [1.29, 1.82) is 0 Å². The van der Waals surface area contributed by atoms with E-state index in [2.05, 4.69) is 39.3 Å². The Morgan fingerprint density at radius 1 is 1.14 bits per heavy atom. The molecule has 1 unspecified atom stereocenters. The highest BCUT2D eigenvalue weighted by Gasteiger charge is 2.76. The van der Waals surface area contributed by atoms with Crippen LogP contribution in [0, 0.1) is 11.8 Å². The predicted octanol–water partition coefficient (Wildman–Crippen LogP) is 2.22. The van der Waals surface area contributed by atoms with Crippen LogP contribution < -0.4 is 5.32 Å². The number of rotatable bonds is 18. The Morgan fingerprint density at radius 2 is 1.90 bits per heavy atom. The predicted molar refractivity (Wildman–Crippen MR) is 185 cm³/mol. The lowest BCUT2D eigenvalue weighted by molar-refractivity contribution is -0.148. The number of carbonyl (C=O) groups excluding carboxylic acids is 4. The molecule has 2 bridgehead atoms. The van der Waals surface area contributed by atoms with Crippen LogP contribution in [0.5, 0.6) is 0 Å². The number of allylic oxidation sites excluding steroid dienone is 1. The number of hydrogen-bond donors (Lipinski definition) is 2. The second-order valence-corrected chi connectivity index (χ2v) is 14.3. The van der Waals surface area contributed by atoms with Crippen molar-refractivity contribution >= 4 is 39.6 Å². The van der Waals surface area contributed by atoms with E-state index in [0.717, 1.165) is 18.7 Å². The highest BCUT2D eigenvalue weighted by molar-refractivity contribution is 9.09. The lowest BCUT2D eigenvalue weighted by Gasteiger charge is -2.38. The van der Waals surface area contributed by atoms with Crippen LogP contribution in [0.15, 0.2) is 55.6 Å². The molecule has 1 aromatic rings. The summed E-state index contributed by atoms with van der Waals surface area (Å²) in [7, 11) is 0. The van der Waals surface area contributed by atoms with Crippen molar-refractivity contribution in [2.24, 2.45) is 11.8 Å². The Bertz CT molecular complexity index is 1340. The topological polar surface area (TPSA) is 138 Å². The van der Waals surface area contributed by atoms with Gasteiger partial charge in [0.1, 0.15) is 18.2 Å². The fourth-order valence-corrected chi connectivity index (χ4v) is 8.64. The minimum atomic E-state index is -1.22. The Balaban J connectivity index is 1.41. The molecule has 13 heteroatoms. The number of ether oxygens (including phenoxy) is 3. The summed E-state index contributed by atoms with van der Waals surface area (Å²) in [4.78, 5) is 61.1. The molecule has 2 N–H and O–H groups in total. The van der Waals surface area contributed by atoms with Crippen molar-refractivity contribution < 1.29 is 38.5 Å². The molecule has 7 atom stereocenters. The molecule has 1 spiro atoms. The van der Waals surface area contributed by atoms with Crippen LogP contribution in [0.1, 0.15) is 43.7 Å². The van der Waals surface area contributed by atoms with Crippen molar-refractivity contribution in [3.05, 3.63) is 61.2 Å². The van der Waals surface area contributed by atoms with E-state index in [1.807, 2.05) is 30.3 Å². The number of likely N-dealkylation sites (tertiary alicyclic amines) is 1. The van der Waals surface area contributed by atoms with Gasteiger partial charge in [0.15, 0.2) is 0 Å². The van der Waals surface area contributed by atoms with E-state index in [9.17, 15) is 24.3 Å². The third-order valence-electron chi connectivity index (χ3n) is 10.1. The van der Waals surface area contributed by atoms with Crippen molar-refractivity contribution in [3.8, 4) is 0 Å². The first-order valence-corrected chi connectivity index (χ1v) is 18.2. The number of unbranched alkanes of at least 4 members (excludes halogenated alkanes) is 1. The molecule has 0 saturated carbocycles. The molecule has 49 heavy (non-hydrogen) atoms. The minimum Gasteiger partial charge on any atom is -0.463 e. The highest BCUT2D eigenvalue weighted by atomic mass is 79.9. The number of nitrogens with one attached hydrogen (secondary N) is 1. The number of aliphatic hydroxyl groups is 1. The zero-order valence-corrected chi connectivity index (χ0v) is 29.6. The zero-order chi connectivity index (χ0) is 35.0. The van der Waals surface area contributed by atoms with Crippen molar-refractivity contribution in [2.45, 2.75) is 60.7 Å². The second kappa shape index (κ2) is 17.2. The Labute approximate surface area is 296 Å². The van der Waals surface area contributed by atoms with Gasteiger partial charge in [0.25, 0.3) is 0 Å². The maximum absolute atomic E-state index is 14.6. The number of nitrogens with zero attached hydrogens (tertiary/aromatic N) is 3. The lowest BCUT2D eigenvalue weighted by atomic mass is 9.70. The van der Waals surface area contributed by atoms with Crippen molar-refractivity contribution in [1.82, 2.24) is 20.0 Å². The molecule has 4 fully saturated rings. The molecule has 3 amide bonds. The Morgan fingerprint density at radius 3 is 2.59 bits per heavy atom. The number of hydrogen-bond acceptors (Lipinski definition) is 9. The molecule has 4 saturated heterocycles. The summed E-state index contributed by atoms with van der Waals surface area (Å²) in [5.41, 5.74) is -0.468. The molecule has 4 aliphatic rings. The van der Waals surface area contributed by atoms with Gasteiger partial charge in [-0.25, -0.2) is 0 Å². The van der Waals surface area contributed by atoms with Gasteiger partial charge in [-0.15, -0.1) is 13.2 Å². The number of benzene rings is 1. The number of amides is 3. The van der Waals surface area contributed by atoms with E-state index in [0.29, 0.717) is 58.5 Å². The highest BCUT2D eigenvalue weighted by Crippen LogP contribution is 2.60. The largest absolute Gasteiger partial charge is 0.463 e. The zero-order valence-electron chi connectivity index (χ0n) is 28.1. The molecular formula is C36H49BrN4O8. The molecule has 4 aliphatic heterocycles. The molecule has 12 nitrogen and oxygen atoms in total. The number of halogens is 1. The van der Waals surface area contributed by atoms with E-state index in [1.54, 1.807) is 22.0 Å². The van der Waals surface area contributed by atoms with Crippen LogP contribution in [0.2, 0.25) is 0 Å². The van der Waals surface area contributed by atoms with E-state index in [4.69, 9.17) is 14.2 Å². The van der Waals surface area contributed by atoms with Crippen molar-refractivity contribution in [3.63, 3.8) is 0 Å². The molecule has 5 rings (SSSR count). The maximum atomic E-state index is 14.6. The molecule has 1 aromatic carbocycles. The molecule has 0 aromatic heterocycles. The van der Waals surface area contributed by atoms with Gasteiger partial charge in [0.05, 0.1) is 37.2 Å². The monoisotopic (exact) mass is 744 g/mol. The standard InChI is InChI=1S/C36H49BrN4O8/c1-3-5-13-28(43)48-24-27(25-11-7-6-8-12-25)38-33(44)29-30-34(45)41(15-9-10-20-42)32(36(30)23-26(37)31(29)49-36)35(46)40(14-4-2)17-16-39-18-21-47-22-19-39/h3-4,6-8,11-12,26-27,29-32,42H,1-2,5,9-10,13-24H2,(H,38,44)/t26?,27-,29+,30-,31+,32+,36-/m1/s1. The summed E-state index contributed by atoms with van der Waals surface area (Å²) in [6.45, 7) is 11.9. The van der Waals surface area contributed by atoms with Gasteiger partial charge in [-0.05, 0) is 31.2 Å². The third-order valence-corrected chi connectivity index (χ3v) is 10.9. The van der Waals surface area contributed by atoms with E-state index in [1.165, 1.54) is 0 Å². The van der Waals surface area contributed by atoms with Crippen LogP contribution >= 0.6 is 15.9 Å². The van der Waals surface area contributed by atoms with E-state index >= 15 is 0 Å². The summed E-state index contributed by atoms with van der Waals surface area (Å²) in [5, 5.41) is 12.6. The first-order valence-electron chi connectivity index (χ1n) is 17.3. The lowest BCUT2D eigenvalue weighted by Crippen LogP contribution is -2.58. The number of alkyl halides is 1. The normalized spacial score (nSPS) is 28.2. The minimum absolute atomic E-state index is 0.0382. The van der Waals surface area contributed by atoms with E-state index < -0.39 is 47.5 Å². The first-order chi connectivity index (χ1) is 23.7. The number of aliphatic hydroxyl groups excluding tert-OH is 1. The number of morpholine rings is 1. The van der Waals surface area contributed by atoms with E-state index in [-0.39, 0.29) is 42.8 Å². The van der Waals surface area contributed by atoms with Crippen LogP contribution in [0.4, 0.5) is 0 Å². The summed E-state index contributed by atoms with van der Waals surface area (Å²) in [6.07, 6.45) is 4.69. The molecule has 268 valence electrons. The van der Waals surface area contributed by atoms with Gasteiger partial charge in [-0.2, -0.15) is 0 Å². The van der Waals surface area contributed by atoms with Crippen LogP contribution in [0.3, 0.4) is 0 Å². The maximum Gasteiger partial charge on any atom is 0.306 e. The molecular weight excluding hydrogens is 696 g/mol. The number of esters is 1. The van der Waals surface area contributed by atoms with Crippen LogP contribution in [0.25, 0.3) is 0 Å². The third kappa shape index (κ3) is 8.12. The smallest absolute Gasteiger partial charge is 0.306 e. The number of fused-ring (bicyclic) bond motifs is 1. The van der Waals surface area contributed by atoms with Gasteiger partial charge in [-0.3, -0.25) is 24.1 Å². The summed E-state index contributed by atoms with van der Waals surface area (Å²) >= 11 is 3.75. The Hall–Kier alpha value is -3.10. The molecule has 0 radical (unpaired) electrons. The van der Waals surface area contributed by atoms with Gasteiger partial charge in [0.2, 0.25) is 17.7 Å². The van der Waals surface area contributed by atoms with Crippen LogP contribution in [-0.4, -0.2) is 132 Å². The van der Waals surface area contributed by atoms with Crippen molar-refractivity contribution in [2.75, 3.05) is 65.7 Å². The molecule has 4 heterocycles. The Kier molecular flexibility index (Phi) is 13.1. The first kappa shape index (κ1) is 37.2. The number of carbonyl (C=O) groups is 4. The van der Waals surface area contributed by atoms with Gasteiger partial charge in [0, 0.05) is 57.1 Å². The SMILES string of the molecule is C=CCCC(=O)OC[C@@H](NC(=O)[C@@H]1[C@H]2O[C@@]3(CC2Br)[C@H](C(=O)N(CC=C)CCN2CCOCC2)N(CCCCO)C(=O)[C@@H]13)c1ccccc1.